The first-order chi connectivity index (χ1) is 13.5. The van der Waals surface area contributed by atoms with E-state index in [9.17, 15) is 36.5 Å². The lowest BCUT2D eigenvalue weighted by atomic mass is 10.2. The molecule has 0 aromatic heterocycles. The number of nitro groups is 1. The number of esters is 1. The zero-order chi connectivity index (χ0) is 21.8. The molecule has 0 atom stereocenters. The van der Waals surface area contributed by atoms with Crippen molar-refractivity contribution in [3.8, 4) is 0 Å². The molecule has 0 bridgehead atoms. The number of non-ortho nitro benzene ring substituents is 1. The van der Waals surface area contributed by atoms with Crippen molar-refractivity contribution < 1.29 is 36.0 Å². The molecule has 0 aliphatic heterocycles. The van der Waals surface area contributed by atoms with Crippen LogP contribution in [-0.2, 0) is 25.7 Å². The number of nitrogens with zero attached hydrogens (tertiary/aromatic N) is 2. The number of hydrogen-bond acceptors (Lipinski definition) is 6. The first kappa shape index (κ1) is 22.1. The predicted octanol–water partition coefficient (Wildman–Crippen LogP) is 3.37. The molecule has 156 valence electrons. The van der Waals surface area contributed by atoms with Gasteiger partial charge in [0.15, 0.2) is 0 Å². The summed E-state index contributed by atoms with van der Waals surface area (Å²) in [6, 6.07) is 7.16. The summed E-state index contributed by atoms with van der Waals surface area (Å²) in [6.07, 6.45) is -4.73. The van der Waals surface area contributed by atoms with Crippen LogP contribution in [0.1, 0.15) is 12.5 Å². The molecule has 12 heteroatoms. The third-order valence-electron chi connectivity index (χ3n) is 3.68. The van der Waals surface area contributed by atoms with Crippen molar-refractivity contribution in [1.82, 2.24) is 0 Å². The maximum absolute atomic E-state index is 13.0. The Morgan fingerprint density at radius 2 is 1.79 bits per heavy atom. The molecule has 0 radical (unpaired) electrons. The standard InChI is InChI=1S/C17H15F3N2O6S/c1-2-28-16(23)11-21(14-5-3-4-12(10-14)17(18,19)20)29(26,27)15-8-6-13(7-9-15)22(24)25/h3-10H,2,11H2,1H3. The SMILES string of the molecule is CCOC(=O)CN(c1cccc(C(F)(F)F)c1)S(=O)(=O)c1ccc([N+](=O)[O-])cc1. The van der Waals surface area contributed by atoms with Crippen LogP contribution in [0, 0.1) is 10.1 Å². The van der Waals surface area contributed by atoms with E-state index in [1.165, 1.54) is 6.92 Å². The summed E-state index contributed by atoms with van der Waals surface area (Å²) in [4.78, 5) is 21.5. The van der Waals surface area contributed by atoms with Gasteiger partial charge < -0.3 is 4.74 Å². The number of carbonyl (C=O) groups is 1. The highest BCUT2D eigenvalue weighted by atomic mass is 32.2. The third kappa shape index (κ3) is 5.22. The molecule has 2 rings (SSSR count). The molecule has 0 fully saturated rings. The zero-order valence-corrected chi connectivity index (χ0v) is 15.7. The quantitative estimate of drug-likeness (QED) is 0.377. The van der Waals surface area contributed by atoms with Gasteiger partial charge in [0.25, 0.3) is 15.7 Å². The first-order valence-corrected chi connectivity index (χ1v) is 9.51. The van der Waals surface area contributed by atoms with Gasteiger partial charge in [0.1, 0.15) is 6.54 Å². The molecule has 0 saturated carbocycles. The number of alkyl halides is 3. The lowest BCUT2D eigenvalue weighted by molar-refractivity contribution is -0.384. The Hall–Kier alpha value is -3.15. The van der Waals surface area contributed by atoms with E-state index >= 15 is 0 Å². The fraction of sp³-hybridized carbons (Fsp3) is 0.235. The number of rotatable bonds is 7. The zero-order valence-electron chi connectivity index (χ0n) is 14.9. The van der Waals surface area contributed by atoms with Gasteiger partial charge in [0.2, 0.25) is 0 Å². The number of nitro benzene ring substituents is 1. The van der Waals surface area contributed by atoms with E-state index in [1.54, 1.807) is 0 Å². The summed E-state index contributed by atoms with van der Waals surface area (Å²) in [5, 5.41) is 10.7. The average Bonchev–Trinajstić information content (AvgIpc) is 2.65. The Labute approximate surface area is 163 Å². The molecular weight excluding hydrogens is 417 g/mol. The molecule has 0 aliphatic carbocycles. The molecule has 0 spiro atoms. The van der Waals surface area contributed by atoms with E-state index < -0.39 is 49.8 Å². The number of benzene rings is 2. The summed E-state index contributed by atoms with van der Waals surface area (Å²) in [7, 11) is -4.53. The highest BCUT2D eigenvalue weighted by Gasteiger charge is 2.33. The van der Waals surface area contributed by atoms with Crippen LogP contribution in [0.4, 0.5) is 24.5 Å². The number of hydrogen-bond donors (Lipinski definition) is 0. The second-order valence-electron chi connectivity index (χ2n) is 5.62. The maximum atomic E-state index is 13.0. The van der Waals surface area contributed by atoms with E-state index in [0.717, 1.165) is 42.5 Å². The van der Waals surface area contributed by atoms with Crippen molar-refractivity contribution in [1.29, 1.82) is 0 Å². The molecule has 2 aromatic rings. The Morgan fingerprint density at radius 3 is 2.31 bits per heavy atom. The molecule has 0 N–H and O–H groups in total. The molecule has 29 heavy (non-hydrogen) atoms. The van der Waals surface area contributed by atoms with Gasteiger partial charge in [-0.15, -0.1) is 0 Å². The molecule has 0 aliphatic rings. The van der Waals surface area contributed by atoms with E-state index in [0.29, 0.717) is 10.4 Å². The van der Waals surface area contributed by atoms with Crippen molar-refractivity contribution in [3.63, 3.8) is 0 Å². The predicted molar refractivity (Wildman–Crippen MR) is 95.7 cm³/mol. The van der Waals surface area contributed by atoms with Gasteiger partial charge >= 0.3 is 12.1 Å². The minimum absolute atomic E-state index is 0.0627. The fourth-order valence-corrected chi connectivity index (χ4v) is 3.74. The molecule has 8 nitrogen and oxygen atoms in total. The van der Waals surface area contributed by atoms with E-state index in [1.807, 2.05) is 0 Å². The van der Waals surface area contributed by atoms with Gasteiger partial charge in [0, 0.05) is 12.1 Å². The Morgan fingerprint density at radius 1 is 1.17 bits per heavy atom. The molecule has 0 saturated heterocycles. The number of sulfonamides is 1. The van der Waals surface area contributed by atoms with Gasteiger partial charge in [0.05, 0.1) is 27.7 Å². The fourth-order valence-electron chi connectivity index (χ4n) is 2.34. The van der Waals surface area contributed by atoms with Crippen molar-refractivity contribution >= 4 is 27.4 Å². The highest BCUT2D eigenvalue weighted by molar-refractivity contribution is 7.92. The third-order valence-corrected chi connectivity index (χ3v) is 5.46. The minimum atomic E-state index is -4.73. The van der Waals surface area contributed by atoms with Gasteiger partial charge in [-0.05, 0) is 37.3 Å². The average molecular weight is 432 g/mol. The van der Waals surface area contributed by atoms with Gasteiger partial charge in [-0.1, -0.05) is 6.07 Å². The highest BCUT2D eigenvalue weighted by Crippen LogP contribution is 2.33. The lowest BCUT2D eigenvalue weighted by Gasteiger charge is -2.24. The van der Waals surface area contributed by atoms with E-state index in [-0.39, 0.29) is 12.3 Å². The summed E-state index contributed by atoms with van der Waals surface area (Å²) in [6.45, 7) is 0.540. The number of halogens is 3. The van der Waals surface area contributed by atoms with Crippen LogP contribution in [0.15, 0.2) is 53.4 Å². The van der Waals surface area contributed by atoms with Gasteiger partial charge in [-0.25, -0.2) is 8.42 Å². The number of carbonyl (C=O) groups excluding carboxylic acids is 1. The Balaban J connectivity index is 2.55. The lowest BCUT2D eigenvalue weighted by Crippen LogP contribution is -2.36. The van der Waals surface area contributed by atoms with Crippen LogP contribution in [-0.4, -0.2) is 32.5 Å². The first-order valence-electron chi connectivity index (χ1n) is 8.07. The monoisotopic (exact) mass is 432 g/mol. The van der Waals surface area contributed by atoms with Crippen molar-refractivity contribution in [2.45, 2.75) is 18.0 Å². The van der Waals surface area contributed by atoms with Crippen LogP contribution < -0.4 is 4.31 Å². The minimum Gasteiger partial charge on any atom is -0.465 e. The largest absolute Gasteiger partial charge is 0.465 e. The molecule has 0 amide bonds. The summed E-state index contributed by atoms with van der Waals surface area (Å²) < 4.78 is 70.2. The normalized spacial score (nSPS) is 11.7. The summed E-state index contributed by atoms with van der Waals surface area (Å²) in [5.74, 6) is -0.976. The van der Waals surface area contributed by atoms with Crippen molar-refractivity contribution in [2.24, 2.45) is 0 Å². The van der Waals surface area contributed by atoms with Crippen LogP contribution in [0.25, 0.3) is 0 Å². The second-order valence-corrected chi connectivity index (χ2v) is 7.48. The number of anilines is 1. The number of ether oxygens (including phenoxy) is 1. The van der Waals surface area contributed by atoms with Gasteiger partial charge in [-0.2, -0.15) is 13.2 Å². The summed E-state index contributed by atoms with van der Waals surface area (Å²) in [5.41, 5.74) is -1.89. The Kier molecular flexibility index (Phi) is 6.47. The maximum Gasteiger partial charge on any atom is 0.416 e. The molecule has 2 aromatic carbocycles. The van der Waals surface area contributed by atoms with E-state index in [2.05, 4.69) is 0 Å². The summed E-state index contributed by atoms with van der Waals surface area (Å²) >= 11 is 0. The van der Waals surface area contributed by atoms with Crippen molar-refractivity contribution in [3.05, 3.63) is 64.2 Å². The molecule has 0 heterocycles. The molecule has 0 unspecified atom stereocenters. The Bertz CT molecular complexity index is 1010. The molecular formula is C17H15F3N2O6S. The van der Waals surface area contributed by atoms with Crippen LogP contribution in [0.3, 0.4) is 0 Å². The van der Waals surface area contributed by atoms with Crippen LogP contribution >= 0.6 is 0 Å². The van der Waals surface area contributed by atoms with Crippen LogP contribution in [0.5, 0.6) is 0 Å². The van der Waals surface area contributed by atoms with Crippen molar-refractivity contribution in [2.75, 3.05) is 17.5 Å². The van der Waals surface area contributed by atoms with Crippen LogP contribution in [0.2, 0.25) is 0 Å². The van der Waals surface area contributed by atoms with E-state index in [4.69, 9.17) is 4.74 Å². The topological polar surface area (TPSA) is 107 Å². The second kappa shape index (κ2) is 8.47. The van der Waals surface area contributed by atoms with Gasteiger partial charge in [-0.3, -0.25) is 19.2 Å². The smallest absolute Gasteiger partial charge is 0.416 e.